The van der Waals surface area contributed by atoms with Crippen LogP contribution < -0.4 is 10.6 Å². The van der Waals surface area contributed by atoms with Crippen molar-refractivity contribution < 1.29 is 4.79 Å². The molecule has 3 heterocycles. The van der Waals surface area contributed by atoms with Gasteiger partial charge in [-0.2, -0.15) is 0 Å². The summed E-state index contributed by atoms with van der Waals surface area (Å²) >= 11 is 0. The van der Waals surface area contributed by atoms with Crippen LogP contribution in [0, 0.1) is 5.41 Å². The molecule has 2 aliphatic rings. The third-order valence-electron chi connectivity index (χ3n) is 5.52. The Hall–Kier alpha value is -3.08. The fourth-order valence-corrected chi connectivity index (χ4v) is 4.34. The fourth-order valence-electron chi connectivity index (χ4n) is 4.34. The van der Waals surface area contributed by atoms with Crippen molar-refractivity contribution in [3.63, 3.8) is 0 Å². The van der Waals surface area contributed by atoms with Crippen LogP contribution >= 0.6 is 0 Å². The number of pyridine rings is 1. The Morgan fingerprint density at radius 2 is 1.96 bits per heavy atom. The van der Waals surface area contributed by atoms with Gasteiger partial charge in [-0.15, -0.1) is 0 Å². The number of anilines is 2. The first kappa shape index (κ1) is 16.1. The summed E-state index contributed by atoms with van der Waals surface area (Å²) in [4.78, 5) is 21.1. The number of carbonyl (C=O) groups excluding carboxylic acids is 1. The number of benzene rings is 1. The number of Topliss-reactive ketones (excluding diaryl/α,β-unsaturated/α-hetero) is 1. The molecule has 0 fully saturated rings. The van der Waals surface area contributed by atoms with Gasteiger partial charge >= 0.3 is 0 Å². The molecule has 5 nitrogen and oxygen atoms in total. The number of nitrogens with zero attached hydrogens (tertiary/aromatic N) is 1. The summed E-state index contributed by atoms with van der Waals surface area (Å²) in [5.41, 5.74) is 4.84. The number of aromatic nitrogens is 2. The van der Waals surface area contributed by atoms with Gasteiger partial charge in [-0.3, -0.25) is 4.79 Å². The molecule has 2 aromatic heterocycles. The molecule has 0 spiro atoms. The number of hydrogen-bond acceptors (Lipinski definition) is 4. The molecule has 3 aromatic rings. The quantitative estimate of drug-likeness (QED) is 0.585. The lowest BCUT2D eigenvalue weighted by molar-refractivity contribution is -0.118. The summed E-state index contributed by atoms with van der Waals surface area (Å²) in [6.07, 6.45) is 5.17. The molecule has 0 unspecified atom stereocenters. The average Bonchev–Trinajstić information content (AvgIpc) is 2.97. The van der Waals surface area contributed by atoms with Crippen molar-refractivity contribution in [2.24, 2.45) is 5.41 Å². The Labute approximate surface area is 157 Å². The van der Waals surface area contributed by atoms with Crippen molar-refractivity contribution >= 4 is 28.2 Å². The van der Waals surface area contributed by atoms with Crippen molar-refractivity contribution in [2.45, 2.75) is 32.7 Å². The van der Waals surface area contributed by atoms with Crippen molar-refractivity contribution in [3.8, 4) is 0 Å². The van der Waals surface area contributed by atoms with Gasteiger partial charge in [0.25, 0.3) is 0 Å². The van der Waals surface area contributed by atoms with E-state index in [0.717, 1.165) is 45.7 Å². The van der Waals surface area contributed by atoms with E-state index in [4.69, 9.17) is 0 Å². The van der Waals surface area contributed by atoms with Gasteiger partial charge < -0.3 is 15.6 Å². The van der Waals surface area contributed by atoms with Gasteiger partial charge in [0.15, 0.2) is 5.78 Å². The molecular weight excluding hydrogens is 336 g/mol. The van der Waals surface area contributed by atoms with Crippen molar-refractivity contribution in [1.29, 1.82) is 0 Å². The van der Waals surface area contributed by atoms with E-state index in [1.54, 1.807) is 6.20 Å². The summed E-state index contributed by atoms with van der Waals surface area (Å²) in [5.74, 6) is 0.970. The molecule has 0 radical (unpaired) electrons. The molecule has 0 bridgehead atoms. The summed E-state index contributed by atoms with van der Waals surface area (Å²) in [6.45, 7) is 4.30. The first-order valence-electron chi connectivity index (χ1n) is 9.33. The van der Waals surface area contributed by atoms with Crippen LogP contribution in [0.15, 0.2) is 60.1 Å². The van der Waals surface area contributed by atoms with Gasteiger partial charge in [-0.1, -0.05) is 32.0 Å². The minimum atomic E-state index is -0.233. The molecule has 0 amide bonds. The minimum absolute atomic E-state index is 0.0552. The third kappa shape index (κ3) is 2.62. The van der Waals surface area contributed by atoms with E-state index < -0.39 is 0 Å². The topological polar surface area (TPSA) is 69.8 Å². The van der Waals surface area contributed by atoms with Gasteiger partial charge in [-0.05, 0) is 30.0 Å². The highest BCUT2D eigenvalue weighted by atomic mass is 16.1. The SMILES string of the molecule is CC1(C)CC(=O)C2=C(C1)Nc1cccnc1N[C@H]2c1c[nH]c2ccccc12. The van der Waals surface area contributed by atoms with E-state index in [1.165, 1.54) is 0 Å². The number of fused-ring (bicyclic) bond motifs is 2. The Bertz CT molecular complexity index is 1090. The summed E-state index contributed by atoms with van der Waals surface area (Å²) in [5, 5.41) is 8.17. The number of aromatic amines is 1. The van der Waals surface area contributed by atoms with Crippen molar-refractivity contribution in [2.75, 3.05) is 10.6 Å². The second-order valence-electron chi connectivity index (χ2n) is 8.22. The van der Waals surface area contributed by atoms with Crippen LogP contribution in [-0.4, -0.2) is 15.8 Å². The number of hydrogen-bond donors (Lipinski definition) is 3. The van der Waals surface area contributed by atoms with E-state index in [1.807, 2.05) is 30.5 Å². The van der Waals surface area contributed by atoms with Crippen LogP contribution in [0.1, 0.15) is 38.3 Å². The predicted molar refractivity (Wildman–Crippen MR) is 108 cm³/mol. The van der Waals surface area contributed by atoms with Gasteiger partial charge in [0, 0.05) is 46.6 Å². The average molecular weight is 358 g/mol. The van der Waals surface area contributed by atoms with Gasteiger partial charge in [0.05, 0.1) is 11.7 Å². The Balaban J connectivity index is 1.74. The first-order chi connectivity index (χ1) is 13.0. The molecule has 1 aliphatic carbocycles. The zero-order valence-electron chi connectivity index (χ0n) is 15.5. The lowest BCUT2D eigenvalue weighted by Gasteiger charge is -2.34. The highest BCUT2D eigenvalue weighted by Gasteiger charge is 2.39. The molecule has 0 saturated heterocycles. The standard InChI is InChI=1S/C22H22N4O/c1-22(2)10-17-19(18(27)11-22)20(26-21-16(25-17)8-5-9-23-21)14-12-24-15-7-4-3-6-13(14)15/h3-9,12,20,24-25H,10-11H2,1-2H3,(H,23,26)/t20-/m0/s1. The van der Waals surface area contributed by atoms with E-state index in [2.05, 4.69) is 46.6 Å². The fraction of sp³-hybridized carbons (Fsp3) is 0.273. The Morgan fingerprint density at radius 3 is 2.85 bits per heavy atom. The smallest absolute Gasteiger partial charge is 0.163 e. The maximum atomic E-state index is 13.2. The molecular formula is C22H22N4O. The van der Waals surface area contributed by atoms with Gasteiger partial charge in [0.2, 0.25) is 0 Å². The van der Waals surface area contributed by atoms with E-state index in [-0.39, 0.29) is 17.2 Å². The van der Waals surface area contributed by atoms with Gasteiger partial charge in [0.1, 0.15) is 5.82 Å². The highest BCUT2D eigenvalue weighted by Crippen LogP contribution is 2.45. The second kappa shape index (κ2) is 5.71. The lowest BCUT2D eigenvalue weighted by Crippen LogP contribution is -2.31. The van der Waals surface area contributed by atoms with E-state index in [9.17, 15) is 4.79 Å². The Kier molecular flexibility index (Phi) is 3.41. The van der Waals surface area contributed by atoms with Crippen LogP contribution in [0.4, 0.5) is 11.5 Å². The summed E-state index contributed by atoms with van der Waals surface area (Å²) < 4.78 is 0. The number of nitrogens with one attached hydrogen (secondary N) is 3. The largest absolute Gasteiger partial charge is 0.361 e. The minimum Gasteiger partial charge on any atom is -0.361 e. The monoisotopic (exact) mass is 358 g/mol. The van der Waals surface area contributed by atoms with Crippen LogP contribution in [0.3, 0.4) is 0 Å². The van der Waals surface area contributed by atoms with Crippen LogP contribution in [-0.2, 0) is 4.79 Å². The highest BCUT2D eigenvalue weighted by molar-refractivity contribution is 6.02. The third-order valence-corrected chi connectivity index (χ3v) is 5.52. The van der Waals surface area contributed by atoms with Gasteiger partial charge in [-0.25, -0.2) is 4.98 Å². The number of ketones is 1. The zero-order valence-corrected chi connectivity index (χ0v) is 15.5. The number of rotatable bonds is 1. The molecule has 1 atom stereocenters. The molecule has 5 rings (SSSR count). The van der Waals surface area contributed by atoms with Crippen molar-refractivity contribution in [3.05, 3.63) is 65.6 Å². The molecule has 136 valence electrons. The molecule has 27 heavy (non-hydrogen) atoms. The number of carbonyl (C=O) groups is 1. The van der Waals surface area contributed by atoms with Crippen LogP contribution in [0.2, 0.25) is 0 Å². The summed E-state index contributed by atoms with van der Waals surface area (Å²) in [6, 6.07) is 11.9. The zero-order chi connectivity index (χ0) is 18.6. The van der Waals surface area contributed by atoms with Crippen LogP contribution in [0.25, 0.3) is 10.9 Å². The number of para-hydroxylation sites is 1. The lowest BCUT2D eigenvalue weighted by atomic mass is 9.73. The molecule has 1 aliphatic heterocycles. The molecule has 0 saturated carbocycles. The molecule has 3 N–H and O–H groups in total. The second-order valence-corrected chi connectivity index (χ2v) is 8.22. The molecule has 1 aromatic carbocycles. The predicted octanol–water partition coefficient (Wildman–Crippen LogP) is 4.78. The first-order valence-corrected chi connectivity index (χ1v) is 9.33. The number of allylic oxidation sites excluding steroid dienone is 1. The Morgan fingerprint density at radius 1 is 1.11 bits per heavy atom. The molecule has 5 heteroatoms. The van der Waals surface area contributed by atoms with Crippen molar-refractivity contribution in [1.82, 2.24) is 9.97 Å². The maximum absolute atomic E-state index is 13.2. The van der Waals surface area contributed by atoms with E-state index >= 15 is 0 Å². The maximum Gasteiger partial charge on any atom is 0.163 e. The number of H-pyrrole nitrogens is 1. The van der Waals surface area contributed by atoms with E-state index in [0.29, 0.717) is 6.42 Å². The van der Waals surface area contributed by atoms with Crippen LogP contribution in [0.5, 0.6) is 0 Å². The summed E-state index contributed by atoms with van der Waals surface area (Å²) in [7, 11) is 0. The normalized spacial score (nSPS) is 21.1.